The molecule has 0 spiro atoms. The minimum Gasteiger partial charge on any atom is -0.497 e. The zero-order valence-corrected chi connectivity index (χ0v) is 19.7. The summed E-state index contributed by atoms with van der Waals surface area (Å²) in [5.41, 5.74) is 1.40. The summed E-state index contributed by atoms with van der Waals surface area (Å²) in [4.78, 5) is 26.4. The highest BCUT2D eigenvalue weighted by Gasteiger charge is 2.22. The van der Waals surface area contributed by atoms with Crippen LogP contribution < -0.4 is 14.8 Å². The van der Waals surface area contributed by atoms with Gasteiger partial charge in [0.15, 0.2) is 6.61 Å². The molecule has 0 unspecified atom stereocenters. The highest BCUT2D eigenvalue weighted by atomic mass is 16.5. The molecular formula is C25H30N4O4. The van der Waals surface area contributed by atoms with Crippen LogP contribution in [0.25, 0.3) is 5.69 Å². The highest BCUT2D eigenvalue weighted by Crippen LogP contribution is 2.27. The first kappa shape index (κ1) is 23.8. The Morgan fingerprint density at radius 2 is 1.70 bits per heavy atom. The maximum absolute atomic E-state index is 12.7. The third-order valence-corrected chi connectivity index (χ3v) is 4.97. The van der Waals surface area contributed by atoms with E-state index in [1.807, 2.05) is 48.5 Å². The fourth-order valence-corrected chi connectivity index (χ4v) is 3.01. The molecule has 1 heterocycles. The van der Waals surface area contributed by atoms with Gasteiger partial charge in [0.05, 0.1) is 25.0 Å². The summed E-state index contributed by atoms with van der Waals surface area (Å²) in [6.07, 6.45) is 0. The van der Waals surface area contributed by atoms with Crippen molar-refractivity contribution in [2.45, 2.75) is 26.2 Å². The second-order valence-electron chi connectivity index (χ2n) is 8.67. The van der Waals surface area contributed by atoms with Crippen LogP contribution in [0.1, 0.15) is 26.5 Å². The van der Waals surface area contributed by atoms with Gasteiger partial charge in [-0.25, -0.2) is 4.68 Å². The Balaban J connectivity index is 1.69. The van der Waals surface area contributed by atoms with Gasteiger partial charge in [0.2, 0.25) is 5.91 Å². The summed E-state index contributed by atoms with van der Waals surface area (Å²) in [7, 11) is 3.17. The summed E-state index contributed by atoms with van der Waals surface area (Å²) >= 11 is 0. The highest BCUT2D eigenvalue weighted by molar-refractivity contribution is 5.94. The smallest absolute Gasteiger partial charge is 0.260 e. The van der Waals surface area contributed by atoms with E-state index in [9.17, 15) is 9.59 Å². The molecule has 0 bridgehead atoms. The number of carbonyl (C=O) groups excluding carboxylic acids is 2. The third-order valence-electron chi connectivity index (χ3n) is 4.97. The molecule has 0 aliphatic carbocycles. The second kappa shape index (κ2) is 10.2. The lowest BCUT2D eigenvalue weighted by Crippen LogP contribution is -2.37. The van der Waals surface area contributed by atoms with Crippen molar-refractivity contribution in [1.29, 1.82) is 0 Å². The molecule has 2 aromatic carbocycles. The summed E-state index contributed by atoms with van der Waals surface area (Å²) < 4.78 is 12.4. The number of rotatable bonds is 8. The lowest BCUT2D eigenvalue weighted by Gasteiger charge is -2.17. The van der Waals surface area contributed by atoms with Crippen LogP contribution in [0, 0.1) is 0 Å². The lowest BCUT2D eigenvalue weighted by molar-refractivity contribution is -0.135. The van der Waals surface area contributed by atoms with Gasteiger partial charge in [0, 0.05) is 18.5 Å². The summed E-state index contributed by atoms with van der Waals surface area (Å²) in [6.45, 7) is 5.90. The average Bonchev–Trinajstić information content (AvgIpc) is 3.22. The molecule has 0 fully saturated rings. The number of methoxy groups -OCH3 is 1. The molecule has 33 heavy (non-hydrogen) atoms. The van der Waals surface area contributed by atoms with Crippen LogP contribution in [-0.2, 0) is 15.0 Å². The minimum atomic E-state index is -0.333. The SMILES string of the molecule is COc1ccc(-n2nc(C(C)(C)C)cc2NC(=O)CN(C)C(=O)COc2ccccc2)cc1. The molecule has 3 rings (SSSR count). The van der Waals surface area contributed by atoms with E-state index in [-0.39, 0.29) is 30.4 Å². The predicted octanol–water partition coefficient (Wildman–Crippen LogP) is 3.65. The molecule has 174 valence electrons. The number of amides is 2. The van der Waals surface area contributed by atoms with Gasteiger partial charge in [-0.3, -0.25) is 9.59 Å². The molecule has 2 amide bonds. The van der Waals surface area contributed by atoms with E-state index >= 15 is 0 Å². The number of carbonyl (C=O) groups is 2. The van der Waals surface area contributed by atoms with Crippen LogP contribution in [0.3, 0.4) is 0 Å². The molecule has 0 atom stereocenters. The first-order valence-electron chi connectivity index (χ1n) is 10.6. The van der Waals surface area contributed by atoms with E-state index < -0.39 is 0 Å². The number of anilines is 1. The first-order chi connectivity index (χ1) is 15.7. The zero-order valence-electron chi connectivity index (χ0n) is 19.7. The Labute approximate surface area is 194 Å². The van der Waals surface area contributed by atoms with Crippen molar-refractivity contribution < 1.29 is 19.1 Å². The van der Waals surface area contributed by atoms with E-state index in [4.69, 9.17) is 14.6 Å². The standard InChI is InChI=1S/C25H30N4O4/c1-25(2,3)21-15-22(29(27-21)18-11-13-19(32-5)14-12-18)26-23(30)16-28(4)24(31)17-33-20-9-7-6-8-10-20/h6-15H,16-17H2,1-5H3,(H,26,30). The fourth-order valence-electron chi connectivity index (χ4n) is 3.01. The van der Waals surface area contributed by atoms with Crippen LogP contribution in [-0.4, -0.2) is 53.8 Å². The van der Waals surface area contributed by atoms with Crippen LogP contribution in [0.15, 0.2) is 60.7 Å². The molecule has 8 heteroatoms. The molecule has 0 saturated heterocycles. The molecule has 0 aliphatic rings. The number of benzene rings is 2. The minimum absolute atomic E-state index is 0.115. The van der Waals surface area contributed by atoms with Gasteiger partial charge in [-0.15, -0.1) is 0 Å². The Morgan fingerprint density at radius 1 is 1.03 bits per heavy atom. The van der Waals surface area contributed by atoms with E-state index in [1.165, 1.54) is 4.90 Å². The van der Waals surface area contributed by atoms with Crippen molar-refractivity contribution in [2.75, 3.05) is 32.6 Å². The lowest BCUT2D eigenvalue weighted by atomic mass is 9.92. The maximum atomic E-state index is 12.7. The summed E-state index contributed by atoms with van der Waals surface area (Å²) in [5.74, 6) is 1.22. The summed E-state index contributed by atoms with van der Waals surface area (Å²) in [5, 5.41) is 7.58. The van der Waals surface area contributed by atoms with Gasteiger partial charge in [-0.1, -0.05) is 39.0 Å². The molecule has 1 aromatic heterocycles. The first-order valence-corrected chi connectivity index (χ1v) is 10.6. The van der Waals surface area contributed by atoms with Crippen molar-refractivity contribution in [1.82, 2.24) is 14.7 Å². The molecule has 1 N–H and O–H groups in total. The van der Waals surface area contributed by atoms with Gasteiger partial charge in [0.1, 0.15) is 17.3 Å². The van der Waals surface area contributed by atoms with Crippen molar-refractivity contribution in [2.24, 2.45) is 0 Å². The van der Waals surface area contributed by atoms with Crippen LogP contribution in [0.4, 0.5) is 5.82 Å². The monoisotopic (exact) mass is 450 g/mol. The number of para-hydroxylation sites is 1. The Kier molecular flexibility index (Phi) is 7.37. The normalized spacial score (nSPS) is 11.1. The third kappa shape index (κ3) is 6.35. The number of hydrogen-bond acceptors (Lipinski definition) is 5. The molecule has 3 aromatic rings. The fraction of sp³-hybridized carbons (Fsp3) is 0.320. The Bertz CT molecular complexity index is 1090. The van der Waals surface area contributed by atoms with Crippen molar-refractivity contribution in [3.05, 3.63) is 66.4 Å². The molecular weight excluding hydrogens is 420 g/mol. The zero-order chi connectivity index (χ0) is 24.0. The average molecular weight is 451 g/mol. The molecule has 0 aliphatic heterocycles. The number of nitrogens with one attached hydrogen (secondary N) is 1. The van der Waals surface area contributed by atoms with Crippen molar-refractivity contribution in [3.8, 4) is 17.2 Å². The van der Waals surface area contributed by atoms with Crippen LogP contribution >= 0.6 is 0 Å². The van der Waals surface area contributed by atoms with E-state index in [2.05, 4.69) is 26.1 Å². The number of hydrogen-bond donors (Lipinski definition) is 1. The summed E-state index contributed by atoms with van der Waals surface area (Å²) in [6, 6.07) is 18.3. The number of ether oxygens (including phenoxy) is 2. The number of aromatic nitrogens is 2. The van der Waals surface area contributed by atoms with E-state index in [0.717, 1.165) is 17.1 Å². The Hall–Kier alpha value is -3.81. The van der Waals surface area contributed by atoms with E-state index in [1.54, 1.807) is 31.0 Å². The maximum Gasteiger partial charge on any atom is 0.260 e. The van der Waals surface area contributed by atoms with Crippen molar-refractivity contribution in [3.63, 3.8) is 0 Å². The molecule has 0 saturated carbocycles. The van der Waals surface area contributed by atoms with Crippen LogP contribution in [0.2, 0.25) is 0 Å². The predicted molar refractivity (Wildman–Crippen MR) is 127 cm³/mol. The van der Waals surface area contributed by atoms with Crippen molar-refractivity contribution >= 4 is 17.6 Å². The Morgan fingerprint density at radius 3 is 2.30 bits per heavy atom. The van der Waals surface area contributed by atoms with Crippen LogP contribution in [0.5, 0.6) is 11.5 Å². The van der Waals surface area contributed by atoms with Gasteiger partial charge in [0.25, 0.3) is 5.91 Å². The topological polar surface area (TPSA) is 85.7 Å². The van der Waals surface area contributed by atoms with E-state index in [0.29, 0.717) is 11.6 Å². The van der Waals surface area contributed by atoms with Gasteiger partial charge in [-0.2, -0.15) is 5.10 Å². The van der Waals surface area contributed by atoms with Gasteiger partial charge in [-0.05, 0) is 36.4 Å². The second-order valence-corrected chi connectivity index (χ2v) is 8.67. The van der Waals surface area contributed by atoms with Gasteiger partial charge < -0.3 is 19.7 Å². The number of likely N-dealkylation sites (N-methyl/N-ethyl adjacent to an activating group) is 1. The molecule has 0 radical (unpaired) electrons. The largest absolute Gasteiger partial charge is 0.497 e. The van der Waals surface area contributed by atoms with Gasteiger partial charge >= 0.3 is 0 Å². The molecule has 8 nitrogen and oxygen atoms in total. The quantitative estimate of drug-likeness (QED) is 0.566. The number of nitrogens with zero attached hydrogens (tertiary/aromatic N) is 3.